The van der Waals surface area contributed by atoms with Crippen LogP contribution in [0, 0.1) is 5.41 Å². The molecule has 1 fully saturated rings. The third kappa shape index (κ3) is 6.59. The van der Waals surface area contributed by atoms with Crippen LogP contribution in [0.2, 0.25) is 0 Å². The first-order chi connectivity index (χ1) is 10.1. The van der Waals surface area contributed by atoms with E-state index in [1.165, 1.54) is 6.42 Å². The van der Waals surface area contributed by atoms with Crippen molar-refractivity contribution < 1.29 is 14.7 Å². The zero-order valence-corrected chi connectivity index (χ0v) is 13.8. The van der Waals surface area contributed by atoms with Gasteiger partial charge >= 0.3 is 12.0 Å². The smallest absolute Gasteiger partial charge is 0.314 e. The maximum absolute atomic E-state index is 11.7. The first-order valence-corrected chi connectivity index (χ1v) is 9.24. The third-order valence-electron chi connectivity index (χ3n) is 4.16. The zero-order valence-electron chi connectivity index (χ0n) is 13.0. The van der Waals surface area contributed by atoms with E-state index in [1.54, 1.807) is 0 Å². The van der Waals surface area contributed by atoms with Crippen molar-refractivity contribution in [3.63, 3.8) is 0 Å². The van der Waals surface area contributed by atoms with Gasteiger partial charge in [0.1, 0.15) is 0 Å². The van der Waals surface area contributed by atoms with E-state index in [9.17, 15) is 14.7 Å². The number of thioether (sulfide) groups is 1. The number of hydrogen-bond donors (Lipinski definition) is 3. The van der Waals surface area contributed by atoms with Crippen molar-refractivity contribution in [2.75, 3.05) is 25.1 Å². The number of carboxylic acid groups (broad SMARTS) is 1. The lowest BCUT2D eigenvalue weighted by Crippen LogP contribution is -2.47. The molecule has 0 bridgehead atoms. The monoisotopic (exact) mass is 316 g/mol. The Kier molecular flexibility index (Phi) is 8.57. The summed E-state index contributed by atoms with van der Waals surface area (Å²) in [5, 5.41) is 15.0. The van der Waals surface area contributed by atoms with Crippen LogP contribution < -0.4 is 10.6 Å². The van der Waals surface area contributed by atoms with Crippen LogP contribution in [0.4, 0.5) is 4.79 Å². The number of carbonyl (C=O) groups excluding carboxylic acids is 1. The topological polar surface area (TPSA) is 78.4 Å². The normalized spacial score (nSPS) is 17.2. The van der Waals surface area contributed by atoms with Gasteiger partial charge in [-0.3, -0.25) is 4.79 Å². The molecule has 6 heteroatoms. The predicted molar refractivity (Wildman–Crippen MR) is 86.8 cm³/mol. The molecule has 2 amide bonds. The van der Waals surface area contributed by atoms with E-state index < -0.39 is 11.4 Å². The zero-order chi connectivity index (χ0) is 15.6. The quantitative estimate of drug-likeness (QED) is 0.572. The highest BCUT2D eigenvalue weighted by Gasteiger charge is 2.39. The molecule has 122 valence electrons. The Morgan fingerprint density at radius 3 is 2.43 bits per heavy atom. The summed E-state index contributed by atoms with van der Waals surface area (Å²) in [5.41, 5.74) is -0.756. The number of aliphatic carboxylic acids is 1. The molecule has 1 saturated carbocycles. The average molecular weight is 316 g/mol. The largest absolute Gasteiger partial charge is 0.481 e. The second-order valence-corrected chi connectivity index (χ2v) is 6.79. The molecule has 0 aromatic carbocycles. The summed E-state index contributed by atoms with van der Waals surface area (Å²) in [7, 11) is 0. The van der Waals surface area contributed by atoms with Gasteiger partial charge in [0.25, 0.3) is 0 Å². The van der Waals surface area contributed by atoms with Gasteiger partial charge < -0.3 is 15.7 Å². The van der Waals surface area contributed by atoms with Gasteiger partial charge in [0, 0.05) is 13.1 Å². The summed E-state index contributed by atoms with van der Waals surface area (Å²) in [6.07, 6.45) is 9.64. The van der Waals surface area contributed by atoms with Crippen molar-refractivity contribution in [1.82, 2.24) is 10.6 Å². The summed E-state index contributed by atoms with van der Waals surface area (Å²) < 4.78 is 0. The van der Waals surface area contributed by atoms with E-state index in [2.05, 4.69) is 16.9 Å². The Labute approximate surface area is 131 Å². The molecule has 0 saturated heterocycles. The minimum Gasteiger partial charge on any atom is -0.481 e. The number of amides is 2. The van der Waals surface area contributed by atoms with Gasteiger partial charge in [-0.2, -0.15) is 11.8 Å². The van der Waals surface area contributed by atoms with E-state index >= 15 is 0 Å². The maximum atomic E-state index is 11.7. The summed E-state index contributed by atoms with van der Waals surface area (Å²) in [4.78, 5) is 23.2. The third-order valence-corrected chi connectivity index (χ3v) is 4.86. The summed E-state index contributed by atoms with van der Waals surface area (Å²) in [6.45, 7) is 0.890. The standard InChI is InChI=1S/C15H28N2O3S/c1-21-11-7-3-6-10-16-14(20)17-12-15(13(18)19)8-4-2-5-9-15/h2-12H2,1H3,(H,18,19)(H2,16,17,20). The molecule has 0 spiro atoms. The molecule has 1 rings (SSSR count). The summed E-state index contributed by atoms with van der Waals surface area (Å²) in [5.74, 6) is 0.382. The minimum absolute atomic E-state index is 0.237. The van der Waals surface area contributed by atoms with Crippen LogP contribution in [0.3, 0.4) is 0 Å². The molecule has 0 aromatic rings. The van der Waals surface area contributed by atoms with Gasteiger partial charge in [0.15, 0.2) is 0 Å². The van der Waals surface area contributed by atoms with Crippen LogP contribution in [0.1, 0.15) is 51.4 Å². The fourth-order valence-electron chi connectivity index (χ4n) is 2.76. The number of nitrogens with one attached hydrogen (secondary N) is 2. The average Bonchev–Trinajstić information content (AvgIpc) is 2.49. The number of carbonyl (C=O) groups is 2. The van der Waals surface area contributed by atoms with Crippen molar-refractivity contribution in [3.8, 4) is 0 Å². The second kappa shape index (κ2) is 9.92. The van der Waals surface area contributed by atoms with Crippen molar-refractivity contribution >= 4 is 23.8 Å². The molecule has 3 N–H and O–H groups in total. The van der Waals surface area contributed by atoms with E-state index in [1.807, 2.05) is 11.8 Å². The molecule has 0 unspecified atom stereocenters. The van der Waals surface area contributed by atoms with Crippen LogP contribution in [0.25, 0.3) is 0 Å². The van der Waals surface area contributed by atoms with Crippen molar-refractivity contribution in [1.29, 1.82) is 0 Å². The Morgan fingerprint density at radius 2 is 1.81 bits per heavy atom. The lowest BCUT2D eigenvalue weighted by Gasteiger charge is -2.33. The Hall–Kier alpha value is -0.910. The molecule has 1 aliphatic carbocycles. The molecule has 0 radical (unpaired) electrons. The van der Waals surface area contributed by atoms with Gasteiger partial charge in [-0.15, -0.1) is 0 Å². The van der Waals surface area contributed by atoms with Crippen LogP contribution in [0.15, 0.2) is 0 Å². The van der Waals surface area contributed by atoms with Crippen LogP contribution in [-0.2, 0) is 4.79 Å². The Morgan fingerprint density at radius 1 is 1.10 bits per heavy atom. The molecular weight excluding hydrogens is 288 g/mol. The molecular formula is C15H28N2O3S. The minimum atomic E-state index is -0.778. The van der Waals surface area contributed by atoms with E-state index in [0.717, 1.165) is 37.9 Å². The Balaban J connectivity index is 2.20. The highest BCUT2D eigenvalue weighted by atomic mass is 32.2. The summed E-state index contributed by atoms with van der Waals surface area (Å²) >= 11 is 1.84. The highest BCUT2D eigenvalue weighted by Crippen LogP contribution is 2.35. The van der Waals surface area contributed by atoms with E-state index in [-0.39, 0.29) is 12.6 Å². The number of hydrogen-bond acceptors (Lipinski definition) is 3. The van der Waals surface area contributed by atoms with Crippen molar-refractivity contribution in [3.05, 3.63) is 0 Å². The van der Waals surface area contributed by atoms with Gasteiger partial charge in [0.2, 0.25) is 0 Å². The number of carboxylic acids is 1. The van der Waals surface area contributed by atoms with E-state index in [0.29, 0.717) is 19.4 Å². The molecule has 0 aromatic heterocycles. The number of rotatable bonds is 9. The lowest BCUT2D eigenvalue weighted by atomic mass is 9.74. The fourth-order valence-corrected chi connectivity index (χ4v) is 3.25. The van der Waals surface area contributed by atoms with Crippen LogP contribution in [0.5, 0.6) is 0 Å². The fraction of sp³-hybridized carbons (Fsp3) is 0.867. The maximum Gasteiger partial charge on any atom is 0.314 e. The molecule has 0 heterocycles. The Bertz CT molecular complexity index is 331. The molecule has 1 aliphatic rings. The van der Waals surface area contributed by atoms with Crippen LogP contribution in [-0.4, -0.2) is 42.2 Å². The molecule has 0 aliphatic heterocycles. The second-order valence-electron chi connectivity index (χ2n) is 5.81. The number of unbranched alkanes of at least 4 members (excludes halogenated alkanes) is 2. The van der Waals surface area contributed by atoms with Crippen molar-refractivity contribution in [2.45, 2.75) is 51.4 Å². The first kappa shape index (κ1) is 18.1. The van der Waals surface area contributed by atoms with Gasteiger partial charge in [-0.05, 0) is 37.7 Å². The van der Waals surface area contributed by atoms with Crippen LogP contribution >= 0.6 is 11.8 Å². The lowest BCUT2D eigenvalue weighted by molar-refractivity contribution is -0.150. The first-order valence-electron chi connectivity index (χ1n) is 7.85. The highest BCUT2D eigenvalue weighted by molar-refractivity contribution is 7.98. The van der Waals surface area contributed by atoms with Gasteiger partial charge in [-0.1, -0.05) is 25.7 Å². The van der Waals surface area contributed by atoms with E-state index in [4.69, 9.17) is 0 Å². The molecule has 21 heavy (non-hydrogen) atoms. The number of urea groups is 1. The SMILES string of the molecule is CSCCCCCNC(=O)NCC1(C(=O)O)CCCCC1. The van der Waals surface area contributed by atoms with Gasteiger partial charge in [-0.25, -0.2) is 4.79 Å². The predicted octanol–water partition coefficient (Wildman–Crippen LogP) is 2.85. The molecule has 0 atom stereocenters. The summed E-state index contributed by atoms with van der Waals surface area (Å²) in [6, 6.07) is -0.244. The van der Waals surface area contributed by atoms with Crippen molar-refractivity contribution in [2.24, 2.45) is 5.41 Å². The van der Waals surface area contributed by atoms with Gasteiger partial charge in [0.05, 0.1) is 5.41 Å². The molecule has 5 nitrogen and oxygen atoms in total.